The zero-order valence-corrected chi connectivity index (χ0v) is 10.9. The molecule has 0 N–H and O–H groups in total. The predicted molar refractivity (Wildman–Crippen MR) is 68.0 cm³/mol. The summed E-state index contributed by atoms with van der Waals surface area (Å²) in [6.07, 6.45) is 4.22. The molecule has 2 heterocycles. The van der Waals surface area contributed by atoms with Gasteiger partial charge in [-0.15, -0.1) is 0 Å². The molecule has 0 radical (unpaired) electrons. The molecule has 0 saturated carbocycles. The fraction of sp³-hybridized carbons (Fsp3) is 0.692. The first-order valence-corrected chi connectivity index (χ1v) is 6.47. The van der Waals surface area contributed by atoms with Gasteiger partial charge < -0.3 is 0 Å². The van der Waals surface area contributed by atoms with Crippen LogP contribution in [-0.2, 0) is 17.8 Å². The molecule has 0 bridgehead atoms. The van der Waals surface area contributed by atoms with Crippen LogP contribution in [0.3, 0.4) is 0 Å². The Hall–Kier alpha value is -1.32. The van der Waals surface area contributed by atoms with Crippen molar-refractivity contribution in [2.24, 2.45) is 5.92 Å². The van der Waals surface area contributed by atoms with Gasteiger partial charge in [0.1, 0.15) is 5.82 Å². The van der Waals surface area contributed by atoms with Crippen LogP contribution in [-0.4, -0.2) is 22.7 Å². The Morgan fingerprint density at radius 1 is 1.53 bits per heavy atom. The van der Waals surface area contributed by atoms with Crippen molar-refractivity contribution in [3.63, 3.8) is 0 Å². The lowest BCUT2D eigenvalue weighted by Gasteiger charge is -2.16. The molecule has 1 atom stereocenters. The second-order valence-electron chi connectivity index (χ2n) is 4.91. The normalized spacial score (nSPS) is 20.3. The molecule has 2 rings (SSSR count). The molecule has 1 unspecified atom stereocenters. The van der Waals surface area contributed by atoms with Gasteiger partial charge in [0.2, 0.25) is 5.91 Å². The number of fused-ring (bicyclic) bond motifs is 1. The standard InChI is InChI=1S/C13H21N3O/c1-4-5-6-11-9-12-15(3)13(17)10(2)7-8-16(12)14-11/h9-10H,4-8H2,1-3H3. The van der Waals surface area contributed by atoms with Gasteiger partial charge in [-0.1, -0.05) is 20.3 Å². The molecule has 0 spiro atoms. The number of amides is 1. The second-order valence-corrected chi connectivity index (χ2v) is 4.91. The van der Waals surface area contributed by atoms with Gasteiger partial charge in [-0.05, 0) is 19.3 Å². The van der Waals surface area contributed by atoms with E-state index in [-0.39, 0.29) is 11.8 Å². The van der Waals surface area contributed by atoms with E-state index in [1.807, 2.05) is 18.7 Å². The molecule has 0 aliphatic carbocycles. The molecule has 1 aromatic rings. The van der Waals surface area contributed by atoms with Gasteiger partial charge in [-0.3, -0.25) is 9.69 Å². The molecule has 0 saturated heterocycles. The quantitative estimate of drug-likeness (QED) is 0.805. The minimum atomic E-state index is 0.0980. The van der Waals surface area contributed by atoms with Crippen molar-refractivity contribution in [2.75, 3.05) is 11.9 Å². The van der Waals surface area contributed by atoms with Crippen LogP contribution in [0.2, 0.25) is 0 Å². The van der Waals surface area contributed by atoms with Crippen molar-refractivity contribution in [3.8, 4) is 0 Å². The van der Waals surface area contributed by atoms with Crippen molar-refractivity contribution < 1.29 is 4.79 Å². The number of nitrogens with zero attached hydrogens (tertiary/aromatic N) is 3. The van der Waals surface area contributed by atoms with Crippen LogP contribution in [0.4, 0.5) is 5.82 Å². The number of aryl methyl sites for hydroxylation is 2. The molecule has 4 nitrogen and oxygen atoms in total. The highest BCUT2D eigenvalue weighted by atomic mass is 16.2. The van der Waals surface area contributed by atoms with Gasteiger partial charge in [0.15, 0.2) is 0 Å². The molecule has 17 heavy (non-hydrogen) atoms. The SMILES string of the molecule is CCCCc1cc2n(n1)CCC(C)C(=O)N2C. The summed E-state index contributed by atoms with van der Waals surface area (Å²) in [5, 5.41) is 4.59. The van der Waals surface area contributed by atoms with E-state index in [0.717, 1.165) is 37.3 Å². The van der Waals surface area contributed by atoms with Crippen LogP contribution < -0.4 is 4.90 Å². The Bertz CT molecular complexity index is 411. The zero-order valence-electron chi connectivity index (χ0n) is 10.9. The molecule has 1 aromatic heterocycles. The van der Waals surface area contributed by atoms with E-state index in [2.05, 4.69) is 18.1 Å². The van der Waals surface area contributed by atoms with Crippen molar-refractivity contribution >= 4 is 11.7 Å². The average Bonchev–Trinajstić information content (AvgIpc) is 2.70. The van der Waals surface area contributed by atoms with Gasteiger partial charge >= 0.3 is 0 Å². The fourth-order valence-corrected chi connectivity index (χ4v) is 2.26. The van der Waals surface area contributed by atoms with Gasteiger partial charge in [-0.2, -0.15) is 5.10 Å². The summed E-state index contributed by atoms with van der Waals surface area (Å²) in [5.74, 6) is 1.25. The first-order chi connectivity index (χ1) is 8.13. The lowest BCUT2D eigenvalue weighted by atomic mass is 10.1. The maximum absolute atomic E-state index is 12.0. The van der Waals surface area contributed by atoms with E-state index in [9.17, 15) is 4.79 Å². The fourth-order valence-electron chi connectivity index (χ4n) is 2.26. The number of unbranched alkanes of at least 4 members (excludes halogenated alkanes) is 1. The summed E-state index contributed by atoms with van der Waals surface area (Å²) in [4.78, 5) is 13.8. The smallest absolute Gasteiger partial charge is 0.230 e. The molecule has 94 valence electrons. The first-order valence-electron chi connectivity index (χ1n) is 6.47. The van der Waals surface area contributed by atoms with Gasteiger partial charge in [0.25, 0.3) is 0 Å². The Kier molecular flexibility index (Phi) is 3.50. The monoisotopic (exact) mass is 235 g/mol. The predicted octanol–water partition coefficient (Wildman–Crippen LogP) is 2.23. The largest absolute Gasteiger partial charge is 0.300 e. The van der Waals surface area contributed by atoms with Gasteiger partial charge in [0.05, 0.1) is 5.69 Å². The lowest BCUT2D eigenvalue weighted by Crippen LogP contribution is -2.30. The molecular formula is C13H21N3O. The Morgan fingerprint density at radius 3 is 3.00 bits per heavy atom. The van der Waals surface area contributed by atoms with Crippen molar-refractivity contribution in [1.82, 2.24) is 9.78 Å². The van der Waals surface area contributed by atoms with Gasteiger partial charge in [-0.25, -0.2) is 4.68 Å². The topological polar surface area (TPSA) is 38.1 Å². The summed E-state index contributed by atoms with van der Waals surface area (Å²) in [6, 6.07) is 2.06. The average molecular weight is 235 g/mol. The Labute approximate surface area is 103 Å². The lowest BCUT2D eigenvalue weighted by molar-refractivity contribution is -0.121. The molecular weight excluding hydrogens is 214 g/mol. The highest BCUT2D eigenvalue weighted by molar-refractivity contribution is 5.93. The van der Waals surface area contributed by atoms with E-state index < -0.39 is 0 Å². The van der Waals surface area contributed by atoms with E-state index in [0.29, 0.717) is 0 Å². The molecule has 0 fully saturated rings. The van der Waals surface area contributed by atoms with E-state index in [1.54, 1.807) is 4.90 Å². The maximum atomic E-state index is 12.0. The minimum absolute atomic E-state index is 0.0980. The molecule has 1 amide bonds. The molecule has 1 aliphatic rings. The van der Waals surface area contributed by atoms with Crippen LogP contribution in [0.15, 0.2) is 6.07 Å². The minimum Gasteiger partial charge on any atom is -0.300 e. The number of hydrogen-bond donors (Lipinski definition) is 0. The highest BCUT2D eigenvalue weighted by Gasteiger charge is 2.25. The van der Waals surface area contributed by atoms with E-state index >= 15 is 0 Å². The molecule has 1 aliphatic heterocycles. The second kappa shape index (κ2) is 4.90. The van der Waals surface area contributed by atoms with Gasteiger partial charge in [0, 0.05) is 25.6 Å². The van der Waals surface area contributed by atoms with Crippen LogP contribution in [0, 0.1) is 5.92 Å². The summed E-state index contributed by atoms with van der Waals surface area (Å²) < 4.78 is 1.98. The third-order valence-corrected chi connectivity index (χ3v) is 3.47. The van der Waals surface area contributed by atoms with Crippen LogP contribution >= 0.6 is 0 Å². The van der Waals surface area contributed by atoms with E-state index in [4.69, 9.17) is 0 Å². The molecule has 4 heteroatoms. The Balaban J connectivity index is 2.23. The van der Waals surface area contributed by atoms with Crippen LogP contribution in [0.1, 0.15) is 38.8 Å². The van der Waals surface area contributed by atoms with Crippen molar-refractivity contribution in [2.45, 2.75) is 46.1 Å². The van der Waals surface area contributed by atoms with Crippen LogP contribution in [0.5, 0.6) is 0 Å². The van der Waals surface area contributed by atoms with E-state index in [1.165, 1.54) is 6.42 Å². The summed E-state index contributed by atoms with van der Waals surface area (Å²) >= 11 is 0. The summed E-state index contributed by atoms with van der Waals surface area (Å²) in [5.41, 5.74) is 1.11. The number of hydrogen-bond acceptors (Lipinski definition) is 2. The number of carbonyl (C=O) groups excluding carboxylic acids is 1. The Morgan fingerprint density at radius 2 is 2.29 bits per heavy atom. The zero-order chi connectivity index (χ0) is 12.4. The maximum Gasteiger partial charge on any atom is 0.230 e. The molecule has 0 aromatic carbocycles. The first kappa shape index (κ1) is 12.1. The number of rotatable bonds is 3. The third-order valence-electron chi connectivity index (χ3n) is 3.47. The number of carbonyl (C=O) groups is 1. The third kappa shape index (κ3) is 2.35. The van der Waals surface area contributed by atoms with Crippen molar-refractivity contribution in [1.29, 1.82) is 0 Å². The highest BCUT2D eigenvalue weighted by Crippen LogP contribution is 2.24. The summed E-state index contributed by atoms with van der Waals surface area (Å²) in [6.45, 7) is 5.01. The van der Waals surface area contributed by atoms with Crippen molar-refractivity contribution in [3.05, 3.63) is 11.8 Å². The van der Waals surface area contributed by atoms with Crippen LogP contribution in [0.25, 0.3) is 0 Å². The number of anilines is 1. The summed E-state index contributed by atoms with van der Waals surface area (Å²) in [7, 11) is 1.85. The number of aromatic nitrogens is 2.